The van der Waals surface area contributed by atoms with Crippen molar-refractivity contribution in [3.8, 4) is 0 Å². The van der Waals surface area contributed by atoms with E-state index in [-0.39, 0.29) is 5.48 Å². The zero-order chi connectivity index (χ0) is 3.58. The van der Waals surface area contributed by atoms with Crippen molar-refractivity contribution >= 4 is 8.60 Å². The molecule has 0 rings (SSSR count). The topological polar surface area (TPSA) is 92.2 Å². The van der Waals surface area contributed by atoms with Gasteiger partial charge in [-0.2, -0.15) is 0 Å². The van der Waals surface area contributed by atoms with Crippen molar-refractivity contribution in [3.63, 3.8) is 0 Å². The van der Waals surface area contributed by atoms with E-state index in [1.54, 1.807) is 0 Å². The minimum absolute atomic E-state index is 0. The third kappa shape index (κ3) is 302. The second-order valence-corrected chi connectivity index (χ2v) is 0.805. The van der Waals surface area contributed by atoms with Crippen LogP contribution in [0.3, 0.4) is 0 Å². The predicted octanol–water partition coefficient (Wildman–Crippen LogP) is -1.63. The van der Waals surface area contributed by atoms with E-state index in [1.807, 2.05) is 0 Å². The quantitative estimate of drug-likeness (QED) is 0.319. The molecule has 0 radical (unpaired) electrons. The molecule has 0 fully saturated rings. The van der Waals surface area contributed by atoms with Crippen LogP contribution in [0.1, 0.15) is 0 Å². The molecule has 0 saturated heterocycles. The third-order valence-electron chi connectivity index (χ3n) is 0. The van der Waals surface area contributed by atoms with Gasteiger partial charge in [0, 0.05) is 0 Å². The summed E-state index contributed by atoms with van der Waals surface area (Å²) in [6.07, 6.45) is 0. The van der Waals surface area contributed by atoms with Gasteiger partial charge in [-0.3, -0.25) is 0 Å². The zero-order valence-electron chi connectivity index (χ0n) is 2.29. The molecule has 4 nitrogen and oxygen atoms in total. The van der Waals surface area contributed by atoms with Crippen molar-refractivity contribution in [1.82, 2.24) is 0 Å². The molecule has 5 heavy (non-hydrogen) atoms. The van der Waals surface area contributed by atoms with Crippen molar-refractivity contribution in [2.45, 2.75) is 0 Å². The first-order valence-corrected chi connectivity index (χ1v) is 1.80. The molecule has 0 unspecified atom stereocenters. The molecular weight excluding hydrogens is 95.0 g/mol. The summed E-state index contributed by atoms with van der Waals surface area (Å²) in [5, 5.41) is 0. The Hall–Kier alpha value is 0.270. The molecule has 0 amide bonds. The van der Waals surface area contributed by atoms with Gasteiger partial charge in [0.15, 0.2) is 0 Å². The van der Waals surface area contributed by atoms with E-state index in [4.69, 9.17) is 14.7 Å². The van der Waals surface area contributed by atoms with E-state index in [1.165, 1.54) is 0 Å². The summed E-state index contributed by atoms with van der Waals surface area (Å²) in [5.41, 5.74) is 0. The van der Waals surface area contributed by atoms with E-state index in [2.05, 4.69) is 0 Å². The zero-order valence-corrected chi connectivity index (χ0v) is 3.18. The summed E-state index contributed by atoms with van der Waals surface area (Å²) in [5.74, 6) is 0. The van der Waals surface area contributed by atoms with Gasteiger partial charge in [-0.1, -0.05) is 0 Å². The van der Waals surface area contributed by atoms with Crippen LogP contribution in [0, 0.1) is 0 Å². The molecule has 0 aromatic rings. The minimum atomic E-state index is -2.62. The highest BCUT2D eigenvalue weighted by molar-refractivity contribution is 7.38. The summed E-state index contributed by atoms with van der Waals surface area (Å²) in [6, 6.07) is 0. The van der Waals surface area contributed by atoms with Gasteiger partial charge in [0.05, 0.1) is 0 Å². The molecule has 5 N–H and O–H groups in total. The molecule has 0 atom stereocenters. The molecule has 0 heterocycles. The van der Waals surface area contributed by atoms with Crippen LogP contribution < -0.4 is 0 Å². The normalized spacial score (nSPS) is 7.20. The van der Waals surface area contributed by atoms with E-state index >= 15 is 0 Å². The first-order chi connectivity index (χ1) is 1.73. The van der Waals surface area contributed by atoms with Crippen LogP contribution in [0.2, 0.25) is 0 Å². The highest BCUT2D eigenvalue weighted by Gasteiger charge is 1.76. The third-order valence-corrected chi connectivity index (χ3v) is 0. The standard InChI is InChI=1S/H3O3P.H2O/c1-4(2)3;/h1-3H;1H2. The van der Waals surface area contributed by atoms with Crippen molar-refractivity contribution in [2.75, 3.05) is 0 Å². The number of hydrogen-bond donors (Lipinski definition) is 3. The van der Waals surface area contributed by atoms with Crippen molar-refractivity contribution < 1.29 is 20.2 Å². The molecule has 0 saturated carbocycles. The Morgan fingerprint density at radius 3 is 1.00 bits per heavy atom. The number of rotatable bonds is 0. The Balaban J connectivity index is 0. The van der Waals surface area contributed by atoms with Gasteiger partial charge in [-0.05, 0) is 0 Å². The van der Waals surface area contributed by atoms with Crippen LogP contribution in [0.15, 0.2) is 0 Å². The maximum Gasteiger partial charge on any atom is 0.324 e. The van der Waals surface area contributed by atoms with Crippen molar-refractivity contribution in [2.24, 2.45) is 0 Å². The van der Waals surface area contributed by atoms with Gasteiger partial charge in [-0.15, -0.1) is 0 Å². The summed E-state index contributed by atoms with van der Waals surface area (Å²) in [7, 11) is -2.62. The SMILES string of the molecule is O.OP(O)O. The molecule has 0 spiro atoms. The fourth-order valence-electron chi connectivity index (χ4n) is 0. The van der Waals surface area contributed by atoms with Crippen LogP contribution in [0.25, 0.3) is 0 Å². The molecule has 0 aliphatic rings. The highest BCUT2D eigenvalue weighted by atomic mass is 31.2. The second kappa shape index (κ2) is 4.27. The molecule has 0 aliphatic heterocycles. The lowest BCUT2D eigenvalue weighted by atomic mass is 15.8. The predicted molar refractivity (Wildman–Crippen MR) is 17.2 cm³/mol. The maximum absolute atomic E-state index is 7.23. The van der Waals surface area contributed by atoms with Crippen LogP contribution in [-0.2, 0) is 0 Å². The fraction of sp³-hybridized carbons (Fsp3) is 0. The van der Waals surface area contributed by atoms with Crippen LogP contribution in [0.4, 0.5) is 0 Å². The van der Waals surface area contributed by atoms with Gasteiger partial charge in [-0.25, -0.2) is 0 Å². The Labute approximate surface area is 30.0 Å². The van der Waals surface area contributed by atoms with Gasteiger partial charge in [0.1, 0.15) is 0 Å². The Morgan fingerprint density at radius 2 is 1.00 bits per heavy atom. The van der Waals surface area contributed by atoms with Crippen LogP contribution in [0.5, 0.6) is 0 Å². The first-order valence-electron chi connectivity index (χ1n) is 0.600. The van der Waals surface area contributed by atoms with Crippen molar-refractivity contribution in [1.29, 1.82) is 0 Å². The van der Waals surface area contributed by atoms with Gasteiger partial charge in [0.25, 0.3) is 0 Å². The highest BCUT2D eigenvalue weighted by Crippen LogP contribution is 2.11. The minimum Gasteiger partial charge on any atom is -0.412 e. The van der Waals surface area contributed by atoms with E-state index in [9.17, 15) is 0 Å². The largest absolute Gasteiger partial charge is 0.412 e. The summed E-state index contributed by atoms with van der Waals surface area (Å²) < 4.78 is 0. The Bertz CT molecular complexity index is 8.36. The van der Waals surface area contributed by atoms with Crippen LogP contribution in [-0.4, -0.2) is 20.2 Å². The van der Waals surface area contributed by atoms with Gasteiger partial charge in [0.2, 0.25) is 0 Å². The molecule has 0 bridgehead atoms. The maximum atomic E-state index is 7.23. The average molecular weight is 100 g/mol. The molecule has 0 aliphatic carbocycles. The Kier molecular flexibility index (Phi) is 7.67. The molecule has 5 heteroatoms. The monoisotopic (exact) mass is 100.0 g/mol. The lowest BCUT2D eigenvalue weighted by molar-refractivity contribution is 0.368. The van der Waals surface area contributed by atoms with Crippen molar-refractivity contribution in [3.05, 3.63) is 0 Å². The second-order valence-electron chi connectivity index (χ2n) is 0.268. The molecule has 0 aromatic heterocycles. The summed E-state index contributed by atoms with van der Waals surface area (Å²) in [6.45, 7) is 0. The number of hydrogen-bond acceptors (Lipinski definition) is 3. The van der Waals surface area contributed by atoms with Gasteiger partial charge < -0.3 is 20.2 Å². The lowest BCUT2D eigenvalue weighted by Gasteiger charge is -1.76. The molecule has 34 valence electrons. The lowest BCUT2D eigenvalue weighted by Crippen LogP contribution is -1.54. The van der Waals surface area contributed by atoms with Gasteiger partial charge >= 0.3 is 8.60 Å². The van der Waals surface area contributed by atoms with E-state index in [0.29, 0.717) is 0 Å². The first kappa shape index (κ1) is 8.99. The van der Waals surface area contributed by atoms with Crippen LogP contribution >= 0.6 is 8.60 Å². The Morgan fingerprint density at radius 1 is 1.00 bits per heavy atom. The fourth-order valence-corrected chi connectivity index (χ4v) is 0. The summed E-state index contributed by atoms with van der Waals surface area (Å²) >= 11 is 0. The summed E-state index contributed by atoms with van der Waals surface area (Å²) in [4.78, 5) is 21.7. The smallest absolute Gasteiger partial charge is 0.324 e. The van der Waals surface area contributed by atoms with E-state index in [0.717, 1.165) is 0 Å². The average Bonchev–Trinajstić information content (AvgIpc) is 0.811. The molecular formula is H5O4P. The van der Waals surface area contributed by atoms with E-state index < -0.39 is 8.60 Å². The molecule has 0 aromatic carbocycles.